The molecular weight excluding hydrogens is 309 g/mol. The number of carbonyl (C=O) groups excluding carboxylic acids is 1. The van der Waals surface area contributed by atoms with Gasteiger partial charge in [-0.15, -0.1) is 0 Å². The van der Waals surface area contributed by atoms with Crippen molar-refractivity contribution in [3.05, 3.63) is 53.1 Å². The van der Waals surface area contributed by atoms with Crippen LogP contribution in [0.3, 0.4) is 0 Å². The van der Waals surface area contributed by atoms with E-state index in [1.165, 1.54) is 12.1 Å². The van der Waals surface area contributed by atoms with E-state index in [0.29, 0.717) is 6.04 Å². The number of hydrogen-bond acceptors (Lipinski definition) is 3. The van der Waals surface area contributed by atoms with Crippen molar-refractivity contribution in [3.63, 3.8) is 0 Å². The van der Waals surface area contributed by atoms with Gasteiger partial charge in [0.2, 0.25) is 0 Å². The minimum atomic E-state index is -0.505. The predicted octanol–water partition coefficient (Wildman–Crippen LogP) is 3.35. The van der Waals surface area contributed by atoms with E-state index in [-0.39, 0.29) is 12.4 Å². The second-order valence-electron chi connectivity index (χ2n) is 5.80. The number of hydrogen-bond donors (Lipinski definition) is 1. The summed E-state index contributed by atoms with van der Waals surface area (Å²) < 4.78 is 20.7. The molecule has 1 aromatic heterocycles. The Bertz CT molecular complexity index is 751. The van der Waals surface area contributed by atoms with Crippen molar-refractivity contribution < 1.29 is 13.9 Å². The number of carbonyl (C=O) groups is 1. The molecule has 1 heterocycles. The molecule has 5 nitrogen and oxygen atoms in total. The molecule has 128 valence electrons. The molecule has 1 N–H and O–H groups in total. The Hall–Kier alpha value is -2.63. The van der Waals surface area contributed by atoms with E-state index in [9.17, 15) is 9.18 Å². The van der Waals surface area contributed by atoms with Crippen LogP contribution in [0.4, 0.5) is 4.39 Å². The lowest BCUT2D eigenvalue weighted by Gasteiger charge is -2.13. The molecule has 0 aliphatic rings. The van der Waals surface area contributed by atoms with Gasteiger partial charge in [0.05, 0.1) is 6.21 Å². The number of ether oxygens (including phenoxy) is 1. The van der Waals surface area contributed by atoms with Gasteiger partial charge in [0.1, 0.15) is 0 Å². The van der Waals surface area contributed by atoms with Crippen molar-refractivity contribution in [3.8, 4) is 5.75 Å². The first kappa shape index (κ1) is 17.7. The summed E-state index contributed by atoms with van der Waals surface area (Å²) >= 11 is 0. The van der Waals surface area contributed by atoms with E-state index >= 15 is 0 Å². The zero-order chi connectivity index (χ0) is 17.7. The lowest BCUT2D eigenvalue weighted by Crippen LogP contribution is -2.24. The number of benzene rings is 1. The first-order chi connectivity index (χ1) is 11.4. The molecule has 0 bridgehead atoms. The van der Waals surface area contributed by atoms with E-state index in [4.69, 9.17) is 4.74 Å². The molecule has 0 spiro atoms. The van der Waals surface area contributed by atoms with Gasteiger partial charge >= 0.3 is 0 Å². The topological polar surface area (TPSA) is 55.6 Å². The monoisotopic (exact) mass is 331 g/mol. The standard InChI is InChI=1S/C18H22FN3O2/c1-12(2)22-13(3)9-15(14(22)4)10-20-21-18(23)11-24-17-8-6-5-7-16(17)19/h5-10,12H,11H2,1-4H3,(H,21,23)/b20-10-. The summed E-state index contributed by atoms with van der Waals surface area (Å²) in [5, 5.41) is 3.94. The number of amides is 1. The van der Waals surface area contributed by atoms with Crippen molar-refractivity contribution in [1.29, 1.82) is 0 Å². The lowest BCUT2D eigenvalue weighted by atomic mass is 10.2. The molecule has 0 aliphatic carbocycles. The van der Waals surface area contributed by atoms with Crippen molar-refractivity contribution in [2.24, 2.45) is 5.10 Å². The first-order valence-electron chi connectivity index (χ1n) is 7.77. The van der Waals surface area contributed by atoms with Gasteiger partial charge in [-0.2, -0.15) is 5.10 Å². The molecule has 2 aromatic rings. The maximum Gasteiger partial charge on any atom is 0.277 e. The van der Waals surface area contributed by atoms with Crippen molar-refractivity contribution >= 4 is 12.1 Å². The van der Waals surface area contributed by atoms with Gasteiger partial charge in [0.15, 0.2) is 18.2 Å². The summed E-state index contributed by atoms with van der Waals surface area (Å²) in [6.45, 7) is 7.97. The number of nitrogens with zero attached hydrogens (tertiary/aromatic N) is 2. The van der Waals surface area contributed by atoms with Gasteiger partial charge in [0.25, 0.3) is 5.91 Å². The number of hydrazone groups is 1. The molecule has 2 rings (SSSR count). The highest BCUT2D eigenvalue weighted by molar-refractivity contribution is 5.84. The summed E-state index contributed by atoms with van der Waals surface area (Å²) in [4.78, 5) is 11.7. The molecule has 0 saturated carbocycles. The van der Waals surface area contributed by atoms with Gasteiger partial charge < -0.3 is 9.30 Å². The van der Waals surface area contributed by atoms with Crippen LogP contribution in [0, 0.1) is 19.7 Å². The van der Waals surface area contributed by atoms with E-state index in [1.54, 1.807) is 18.3 Å². The summed E-state index contributed by atoms with van der Waals surface area (Å²) in [6.07, 6.45) is 1.60. The van der Waals surface area contributed by atoms with Gasteiger partial charge in [-0.3, -0.25) is 4.79 Å². The molecule has 0 unspecified atom stereocenters. The minimum Gasteiger partial charge on any atom is -0.481 e. The largest absolute Gasteiger partial charge is 0.481 e. The molecular formula is C18H22FN3O2. The second-order valence-corrected chi connectivity index (χ2v) is 5.80. The third-order valence-electron chi connectivity index (χ3n) is 3.63. The third-order valence-corrected chi connectivity index (χ3v) is 3.63. The van der Waals surface area contributed by atoms with E-state index in [2.05, 4.69) is 28.9 Å². The Morgan fingerprint density at radius 3 is 2.71 bits per heavy atom. The molecule has 24 heavy (non-hydrogen) atoms. The van der Waals surface area contributed by atoms with Crippen LogP contribution in [0.25, 0.3) is 0 Å². The van der Waals surface area contributed by atoms with Crippen LogP contribution in [0.2, 0.25) is 0 Å². The van der Waals surface area contributed by atoms with Gasteiger partial charge in [-0.05, 0) is 45.9 Å². The summed E-state index contributed by atoms with van der Waals surface area (Å²) in [5.41, 5.74) is 5.54. The van der Waals surface area contributed by atoms with E-state index < -0.39 is 11.7 Å². The number of aromatic nitrogens is 1. The Kier molecular flexibility index (Phi) is 5.73. The van der Waals surface area contributed by atoms with Crippen LogP contribution in [-0.4, -0.2) is 23.3 Å². The number of rotatable bonds is 6. The Morgan fingerprint density at radius 1 is 1.38 bits per heavy atom. The molecule has 0 radical (unpaired) electrons. The molecule has 1 aromatic carbocycles. The average Bonchev–Trinajstić information content (AvgIpc) is 2.80. The van der Waals surface area contributed by atoms with Gasteiger partial charge in [0, 0.05) is 23.0 Å². The van der Waals surface area contributed by atoms with Gasteiger partial charge in [-0.25, -0.2) is 9.82 Å². The van der Waals surface area contributed by atoms with Crippen LogP contribution in [0.1, 0.15) is 36.8 Å². The predicted molar refractivity (Wildman–Crippen MR) is 91.9 cm³/mol. The number of nitrogens with one attached hydrogen (secondary N) is 1. The van der Waals surface area contributed by atoms with Crippen molar-refractivity contribution in [2.75, 3.05) is 6.61 Å². The maximum atomic E-state index is 13.4. The Balaban J connectivity index is 1.91. The summed E-state index contributed by atoms with van der Waals surface area (Å²) in [5.74, 6) is -0.917. The normalized spacial score (nSPS) is 11.2. The highest BCUT2D eigenvalue weighted by Gasteiger charge is 2.10. The smallest absolute Gasteiger partial charge is 0.277 e. The van der Waals surface area contributed by atoms with E-state index in [1.807, 2.05) is 19.9 Å². The molecule has 0 saturated heterocycles. The van der Waals surface area contributed by atoms with E-state index in [0.717, 1.165) is 17.0 Å². The quantitative estimate of drug-likeness (QED) is 0.652. The lowest BCUT2D eigenvalue weighted by molar-refractivity contribution is -0.123. The third kappa shape index (κ3) is 4.22. The molecule has 0 aliphatic heterocycles. The van der Waals surface area contributed by atoms with Crippen LogP contribution in [0.5, 0.6) is 5.75 Å². The van der Waals surface area contributed by atoms with Crippen LogP contribution in [-0.2, 0) is 4.79 Å². The van der Waals surface area contributed by atoms with Gasteiger partial charge in [-0.1, -0.05) is 12.1 Å². The molecule has 0 fully saturated rings. The fourth-order valence-corrected chi connectivity index (χ4v) is 2.64. The zero-order valence-corrected chi connectivity index (χ0v) is 14.3. The highest BCUT2D eigenvalue weighted by Crippen LogP contribution is 2.18. The fourth-order valence-electron chi connectivity index (χ4n) is 2.64. The average molecular weight is 331 g/mol. The van der Waals surface area contributed by atoms with Crippen LogP contribution < -0.4 is 10.2 Å². The molecule has 6 heteroatoms. The maximum absolute atomic E-state index is 13.4. The first-order valence-corrected chi connectivity index (χ1v) is 7.77. The summed E-state index contributed by atoms with van der Waals surface area (Å²) in [6, 6.07) is 8.30. The van der Waals surface area contributed by atoms with Crippen LogP contribution in [0.15, 0.2) is 35.4 Å². The zero-order valence-electron chi connectivity index (χ0n) is 14.3. The Morgan fingerprint density at radius 2 is 2.08 bits per heavy atom. The second kappa shape index (κ2) is 7.77. The molecule has 1 amide bonds. The number of halogens is 1. The van der Waals surface area contributed by atoms with Crippen LogP contribution >= 0.6 is 0 Å². The molecule has 0 atom stereocenters. The number of aryl methyl sites for hydroxylation is 1. The fraction of sp³-hybridized carbons (Fsp3) is 0.333. The number of para-hydroxylation sites is 1. The highest BCUT2D eigenvalue weighted by atomic mass is 19.1. The SMILES string of the molecule is Cc1cc(/C=N\NC(=O)COc2ccccc2F)c(C)n1C(C)C. The summed E-state index contributed by atoms with van der Waals surface area (Å²) in [7, 11) is 0. The van der Waals surface area contributed by atoms with Crippen molar-refractivity contribution in [2.45, 2.75) is 33.7 Å². The minimum absolute atomic E-state index is 0.0390. The van der Waals surface area contributed by atoms with Crippen molar-refractivity contribution in [1.82, 2.24) is 9.99 Å². The Labute approximate surface area is 141 Å².